The van der Waals surface area contributed by atoms with E-state index in [0.717, 1.165) is 25.7 Å². The van der Waals surface area contributed by atoms with E-state index in [2.05, 4.69) is 24.4 Å². The third-order valence-electron chi connectivity index (χ3n) is 4.10. The molecule has 5 heteroatoms. The molecule has 0 rings (SSSR count). The van der Waals surface area contributed by atoms with Gasteiger partial charge in [-0.2, -0.15) is 0 Å². The smallest absolute Gasteiger partial charge is 0.322 e. The summed E-state index contributed by atoms with van der Waals surface area (Å²) in [5.41, 5.74) is 0. The minimum Gasteiger partial charge on any atom is -0.480 e. The molecule has 0 aromatic carbocycles. The van der Waals surface area contributed by atoms with Crippen LogP contribution in [0.15, 0.2) is 12.2 Å². The largest absolute Gasteiger partial charge is 0.480 e. The van der Waals surface area contributed by atoms with Gasteiger partial charge in [0, 0.05) is 57.8 Å². The van der Waals surface area contributed by atoms with Gasteiger partial charge >= 0.3 is 5.97 Å². The average Bonchev–Trinajstić information content (AvgIpc) is 2.56. The Morgan fingerprint density at radius 3 is 1.80 bits per heavy atom. The number of amides is 1. The summed E-state index contributed by atoms with van der Waals surface area (Å²) in [7, 11) is 0. The second-order valence-corrected chi connectivity index (χ2v) is 6.50. The Kier molecular flexibility index (Phi) is 24.6. The first-order valence-corrected chi connectivity index (χ1v) is 9.80. The van der Waals surface area contributed by atoms with E-state index in [1.165, 1.54) is 57.8 Å². The normalized spacial score (nSPS) is 10.6. The zero-order chi connectivity index (χ0) is 17.9. The number of carbonyl (C=O) groups is 2. The molecule has 0 aliphatic rings. The van der Waals surface area contributed by atoms with Crippen LogP contribution in [0.5, 0.6) is 0 Å². The first kappa shape index (κ1) is 27.5. The Morgan fingerprint density at radius 1 is 0.800 bits per heavy atom. The maximum Gasteiger partial charge on any atom is 0.322 e. The summed E-state index contributed by atoms with van der Waals surface area (Å²) in [6.45, 7) is 1.98. The van der Waals surface area contributed by atoms with Gasteiger partial charge in [-0.05, 0) is 32.1 Å². The van der Waals surface area contributed by atoms with Gasteiger partial charge in [-0.25, -0.2) is 0 Å². The van der Waals surface area contributed by atoms with E-state index in [1.807, 2.05) is 0 Å². The first-order valence-electron chi connectivity index (χ1n) is 9.80. The number of unbranched alkanes of at least 4 members (excludes halogenated alkanes) is 11. The number of hydrogen-bond donors (Lipinski definition) is 2. The van der Waals surface area contributed by atoms with Gasteiger partial charge in [-0.15, -0.1) is 0 Å². The summed E-state index contributed by atoms with van der Waals surface area (Å²) in [5.74, 6) is -1.15. The van der Waals surface area contributed by atoms with Crippen molar-refractivity contribution in [2.75, 3.05) is 6.54 Å². The number of nitrogens with one attached hydrogen (secondary N) is 1. The zero-order valence-corrected chi connectivity index (χ0v) is 19.6. The fourth-order valence-electron chi connectivity index (χ4n) is 2.62. The van der Waals surface area contributed by atoms with Gasteiger partial charge in [-0.3, -0.25) is 9.59 Å². The zero-order valence-electron chi connectivity index (χ0n) is 16.5. The third-order valence-corrected chi connectivity index (χ3v) is 4.10. The van der Waals surface area contributed by atoms with Crippen LogP contribution < -0.4 is 5.32 Å². The number of carboxylic acid groups (broad SMARTS) is 1. The van der Waals surface area contributed by atoms with Crippen LogP contribution >= 0.6 is 0 Å². The predicted octanol–water partition coefficient (Wildman–Crippen LogP) is 4.84. The molecule has 1 radical (unpaired) electrons. The summed E-state index contributed by atoms with van der Waals surface area (Å²) in [6, 6.07) is 0. The Morgan fingerprint density at radius 2 is 1.28 bits per heavy atom. The summed E-state index contributed by atoms with van der Waals surface area (Å²) in [5, 5.41) is 10.8. The predicted molar refractivity (Wildman–Crippen MR) is 106 cm³/mol. The minimum absolute atomic E-state index is 0. The first-order chi connectivity index (χ1) is 11.7. The van der Waals surface area contributed by atoms with Crippen LogP contribution in [0.2, 0.25) is 0 Å². The van der Waals surface area contributed by atoms with Crippen molar-refractivity contribution in [1.29, 1.82) is 0 Å². The van der Waals surface area contributed by atoms with Crippen LogP contribution in [0.3, 0.4) is 0 Å². The molecule has 0 saturated heterocycles. The molecule has 25 heavy (non-hydrogen) atoms. The maximum absolute atomic E-state index is 11.3. The summed E-state index contributed by atoms with van der Waals surface area (Å²) >= 11 is 0. The van der Waals surface area contributed by atoms with Gasteiger partial charge in [0.15, 0.2) is 0 Å². The van der Waals surface area contributed by atoms with Gasteiger partial charge in [-0.1, -0.05) is 70.4 Å². The third kappa shape index (κ3) is 24.3. The van der Waals surface area contributed by atoms with Gasteiger partial charge in [0.2, 0.25) is 5.91 Å². The molecule has 0 heterocycles. The second kappa shape index (κ2) is 22.4. The van der Waals surface area contributed by atoms with Crippen LogP contribution in [-0.2, 0) is 9.59 Å². The van der Waals surface area contributed by atoms with E-state index in [9.17, 15) is 9.59 Å². The molecule has 2 N–H and O–H groups in total. The fraction of sp³-hybridized carbons (Fsp3) is 0.800. The number of hydrogen-bond acceptors (Lipinski definition) is 2. The van der Waals surface area contributed by atoms with Crippen molar-refractivity contribution in [2.45, 2.75) is 96.8 Å². The molecule has 0 spiro atoms. The average molecular weight is 379 g/mol. The van der Waals surface area contributed by atoms with Crippen LogP contribution in [0.25, 0.3) is 0 Å². The molecular weight excluding hydrogens is 341 g/mol. The number of carbonyl (C=O) groups excluding carboxylic acids is 1. The van der Waals surface area contributed by atoms with Crippen LogP contribution in [-0.4, -0.2) is 74.9 Å². The standard InChI is InChI=1S/C20H37NO3.K/c1-2-3-4-5-6-7-8-9-10-11-12-13-14-15-16-17-19(22)21-18-20(23)24;/h9-10H,2-8,11-18H2,1H3,(H,21,22)(H,23,24);/b10-9-;. The van der Waals surface area contributed by atoms with Gasteiger partial charge in [0.1, 0.15) is 6.54 Å². The summed E-state index contributed by atoms with van der Waals surface area (Å²) < 4.78 is 0. The molecule has 0 aliphatic heterocycles. The van der Waals surface area contributed by atoms with E-state index in [-0.39, 0.29) is 63.8 Å². The van der Waals surface area contributed by atoms with E-state index in [1.54, 1.807) is 0 Å². The van der Waals surface area contributed by atoms with Crippen molar-refractivity contribution in [3.05, 3.63) is 12.2 Å². The Balaban J connectivity index is 0. The van der Waals surface area contributed by atoms with Crippen molar-refractivity contribution in [3.8, 4) is 0 Å². The SMILES string of the molecule is CCCCCCCC/C=C\CCCCCCCC(=O)NCC(=O)O.[K]. The maximum atomic E-state index is 11.3. The Labute approximate surface area is 197 Å². The van der Waals surface area contributed by atoms with E-state index in [0.29, 0.717) is 6.42 Å². The van der Waals surface area contributed by atoms with Gasteiger partial charge < -0.3 is 10.4 Å². The molecule has 0 aromatic heterocycles. The minimum atomic E-state index is -0.993. The molecule has 0 unspecified atom stereocenters. The van der Waals surface area contributed by atoms with Crippen molar-refractivity contribution in [1.82, 2.24) is 5.32 Å². The summed E-state index contributed by atoms with van der Waals surface area (Å²) in [4.78, 5) is 21.6. The van der Waals surface area contributed by atoms with Crippen molar-refractivity contribution < 1.29 is 14.7 Å². The van der Waals surface area contributed by atoms with E-state index >= 15 is 0 Å². The quantitative estimate of drug-likeness (QED) is 0.216. The Bertz CT molecular complexity index is 346. The molecular formula is C20H37KNO3. The number of aliphatic carboxylic acids is 1. The fourth-order valence-corrected chi connectivity index (χ4v) is 2.62. The number of rotatable bonds is 17. The summed E-state index contributed by atoms with van der Waals surface area (Å²) in [6.07, 6.45) is 21.1. The van der Waals surface area contributed by atoms with Crippen molar-refractivity contribution in [3.63, 3.8) is 0 Å². The molecule has 0 bridgehead atoms. The van der Waals surface area contributed by atoms with Crippen molar-refractivity contribution in [2.24, 2.45) is 0 Å². The van der Waals surface area contributed by atoms with E-state index < -0.39 is 5.97 Å². The van der Waals surface area contributed by atoms with Crippen LogP contribution in [0.4, 0.5) is 0 Å². The monoisotopic (exact) mass is 378 g/mol. The molecule has 4 nitrogen and oxygen atoms in total. The second-order valence-electron chi connectivity index (χ2n) is 6.50. The molecule has 141 valence electrons. The molecule has 0 aliphatic carbocycles. The van der Waals surface area contributed by atoms with Gasteiger partial charge in [0.05, 0.1) is 0 Å². The number of carboxylic acids is 1. The Hall–Kier alpha value is 0.316. The number of allylic oxidation sites excluding steroid dienone is 2. The topological polar surface area (TPSA) is 66.4 Å². The van der Waals surface area contributed by atoms with Crippen LogP contribution in [0, 0.1) is 0 Å². The van der Waals surface area contributed by atoms with Crippen molar-refractivity contribution >= 4 is 63.3 Å². The molecule has 0 fully saturated rings. The molecule has 0 saturated carbocycles. The van der Waals surface area contributed by atoms with Crippen LogP contribution in [0.1, 0.15) is 96.8 Å². The van der Waals surface area contributed by atoms with E-state index in [4.69, 9.17) is 5.11 Å². The molecule has 0 aromatic rings. The molecule has 0 atom stereocenters. The molecule has 1 amide bonds. The van der Waals surface area contributed by atoms with Gasteiger partial charge in [0.25, 0.3) is 0 Å².